The molecule has 2 aromatic heterocycles. The number of sulfonamides is 1. The average molecular weight is 670 g/mol. The average Bonchev–Trinajstić information content (AvgIpc) is 3.40. The van der Waals surface area contributed by atoms with Crippen molar-refractivity contribution in [3.63, 3.8) is 0 Å². The van der Waals surface area contributed by atoms with Gasteiger partial charge in [-0.15, -0.1) is 0 Å². The van der Waals surface area contributed by atoms with Crippen molar-refractivity contribution in [1.29, 1.82) is 0 Å². The van der Waals surface area contributed by atoms with Crippen molar-refractivity contribution in [2.75, 3.05) is 11.4 Å². The highest BCUT2D eigenvalue weighted by atomic mass is 32.2. The molecule has 47 heavy (non-hydrogen) atoms. The minimum atomic E-state index is -4.09. The number of unbranched alkanes of at least 4 members (excludes halogenated alkanes) is 1. The molecular formula is C36H51N3O7S. The lowest BCUT2D eigenvalue weighted by atomic mass is 9.80. The van der Waals surface area contributed by atoms with Gasteiger partial charge >= 0.3 is 12.1 Å². The van der Waals surface area contributed by atoms with Gasteiger partial charge in [0.25, 0.3) is 10.0 Å². The summed E-state index contributed by atoms with van der Waals surface area (Å²) in [4.78, 5) is 31.8. The highest BCUT2D eigenvalue weighted by Gasteiger charge is 2.31. The minimum Gasteiger partial charge on any atom is -0.459 e. The Labute approximate surface area is 280 Å². The van der Waals surface area contributed by atoms with Crippen LogP contribution in [0.1, 0.15) is 104 Å². The second kappa shape index (κ2) is 15.0. The van der Waals surface area contributed by atoms with Crippen LogP contribution in [0.2, 0.25) is 0 Å². The van der Waals surface area contributed by atoms with Crippen molar-refractivity contribution in [2.45, 2.75) is 123 Å². The lowest BCUT2D eigenvalue weighted by Gasteiger charge is -2.28. The maximum atomic E-state index is 13.9. The zero-order chi connectivity index (χ0) is 35.2. The number of amides is 1. The van der Waals surface area contributed by atoms with E-state index in [9.17, 15) is 18.0 Å². The number of carbonyl (C=O) groups is 2. The summed E-state index contributed by atoms with van der Waals surface area (Å²) in [6.07, 6.45) is 2.51. The Morgan fingerprint density at radius 1 is 0.851 bits per heavy atom. The molecule has 10 nitrogen and oxygen atoms in total. The van der Waals surface area contributed by atoms with E-state index in [2.05, 4.69) is 37.9 Å². The van der Waals surface area contributed by atoms with E-state index in [0.717, 1.165) is 29.7 Å². The first-order valence-electron chi connectivity index (χ1n) is 16.0. The van der Waals surface area contributed by atoms with Gasteiger partial charge in [-0.3, -0.25) is 9.69 Å². The molecule has 2 heterocycles. The van der Waals surface area contributed by atoms with Gasteiger partial charge in [-0.25, -0.2) is 18.2 Å². The highest BCUT2D eigenvalue weighted by molar-refractivity contribution is 7.88. The highest BCUT2D eigenvalue weighted by Crippen LogP contribution is 2.30. The standard InChI is InChI=1S/C36H51N3O7S/c1-11-12-22-36(9,10)28-19-17-27(18-20-28)23-38(47(42,43)32-21-16-26(2)44-32)24-29-14-13-15-30(37-29)39(33(41)46-35(6,7)8)25-31(40)45-34(3,4)5/h13-21H,11-12,22-25H2,1-10H3. The Morgan fingerprint density at radius 2 is 1.49 bits per heavy atom. The first-order chi connectivity index (χ1) is 21.7. The van der Waals surface area contributed by atoms with Gasteiger partial charge < -0.3 is 13.9 Å². The van der Waals surface area contributed by atoms with Gasteiger partial charge in [0, 0.05) is 6.54 Å². The van der Waals surface area contributed by atoms with Crippen molar-refractivity contribution in [2.24, 2.45) is 0 Å². The predicted octanol–water partition coefficient (Wildman–Crippen LogP) is 7.93. The lowest BCUT2D eigenvalue weighted by molar-refractivity contribution is -0.153. The van der Waals surface area contributed by atoms with E-state index in [1.165, 1.54) is 15.9 Å². The number of esters is 1. The summed E-state index contributed by atoms with van der Waals surface area (Å²) in [6, 6.07) is 15.9. The number of ether oxygens (including phenoxy) is 2. The largest absolute Gasteiger partial charge is 0.459 e. The van der Waals surface area contributed by atoms with Crippen LogP contribution in [-0.2, 0) is 42.8 Å². The fourth-order valence-corrected chi connectivity index (χ4v) is 6.23. The number of benzene rings is 1. The van der Waals surface area contributed by atoms with Crippen molar-refractivity contribution in [1.82, 2.24) is 9.29 Å². The number of aromatic nitrogens is 1. The minimum absolute atomic E-state index is 0.00429. The molecule has 0 unspecified atom stereocenters. The second-order valence-electron chi connectivity index (χ2n) is 14.5. The first kappa shape index (κ1) is 37.8. The predicted molar refractivity (Wildman–Crippen MR) is 183 cm³/mol. The van der Waals surface area contributed by atoms with Crippen LogP contribution in [0.25, 0.3) is 0 Å². The smallest absolute Gasteiger partial charge is 0.416 e. The Bertz CT molecular complexity index is 1610. The van der Waals surface area contributed by atoms with Crippen LogP contribution in [-0.4, -0.2) is 47.5 Å². The Hall–Kier alpha value is -3.70. The van der Waals surface area contributed by atoms with Gasteiger partial charge in [-0.05, 0) is 95.7 Å². The fraction of sp³-hybridized carbons (Fsp3) is 0.528. The third-order valence-corrected chi connectivity index (χ3v) is 8.95. The summed E-state index contributed by atoms with van der Waals surface area (Å²) in [5.41, 5.74) is 0.720. The molecule has 0 saturated carbocycles. The van der Waals surface area contributed by atoms with Crippen LogP contribution < -0.4 is 4.90 Å². The van der Waals surface area contributed by atoms with Gasteiger partial charge in [0.15, 0.2) is 0 Å². The summed E-state index contributed by atoms with van der Waals surface area (Å²) >= 11 is 0. The molecule has 258 valence electrons. The summed E-state index contributed by atoms with van der Waals surface area (Å²) in [6.45, 7) is 18.1. The molecule has 0 bridgehead atoms. The third kappa shape index (κ3) is 11.2. The van der Waals surface area contributed by atoms with E-state index >= 15 is 0 Å². The zero-order valence-corrected chi connectivity index (χ0v) is 30.4. The molecular weight excluding hydrogens is 618 g/mol. The monoisotopic (exact) mass is 669 g/mol. The maximum absolute atomic E-state index is 13.9. The molecule has 11 heteroatoms. The number of pyridine rings is 1. The molecule has 0 aliphatic rings. The molecule has 3 rings (SSSR count). The topological polar surface area (TPSA) is 119 Å². The Kier molecular flexibility index (Phi) is 12.1. The normalized spacial score (nSPS) is 12.7. The SMILES string of the molecule is CCCCC(C)(C)c1ccc(CN(Cc2cccc(N(CC(=O)OC(C)(C)C)C(=O)OC(C)(C)C)n2)S(=O)(=O)c2ccc(C)o2)cc1. The van der Waals surface area contributed by atoms with E-state index in [1.54, 1.807) is 72.7 Å². The van der Waals surface area contributed by atoms with Gasteiger partial charge in [0.1, 0.15) is 29.3 Å². The van der Waals surface area contributed by atoms with Crippen molar-refractivity contribution < 1.29 is 31.9 Å². The first-order valence-corrected chi connectivity index (χ1v) is 17.5. The summed E-state index contributed by atoms with van der Waals surface area (Å²) in [7, 11) is -4.09. The lowest BCUT2D eigenvalue weighted by Crippen LogP contribution is -2.42. The fourth-order valence-electron chi connectivity index (χ4n) is 4.88. The number of aryl methyl sites for hydroxylation is 1. The van der Waals surface area contributed by atoms with E-state index in [1.807, 2.05) is 12.1 Å². The second-order valence-corrected chi connectivity index (χ2v) is 16.3. The van der Waals surface area contributed by atoms with Crippen LogP contribution in [0.15, 0.2) is 64.1 Å². The van der Waals surface area contributed by atoms with Gasteiger partial charge in [0.2, 0.25) is 5.09 Å². The van der Waals surface area contributed by atoms with Crippen molar-refractivity contribution in [3.05, 3.63) is 77.2 Å². The number of anilines is 1. The molecule has 3 aromatic rings. The van der Waals surface area contributed by atoms with E-state index in [0.29, 0.717) is 11.5 Å². The summed E-state index contributed by atoms with van der Waals surface area (Å²) < 4.78 is 45.7. The Morgan fingerprint density at radius 3 is 2.04 bits per heavy atom. The molecule has 0 aliphatic heterocycles. The van der Waals surface area contributed by atoms with Crippen LogP contribution in [0.4, 0.5) is 10.6 Å². The summed E-state index contributed by atoms with van der Waals surface area (Å²) in [5.74, 6) is -0.0563. The van der Waals surface area contributed by atoms with Crippen LogP contribution in [0.3, 0.4) is 0 Å². The number of hydrogen-bond acceptors (Lipinski definition) is 8. The number of rotatable bonds is 13. The van der Waals surface area contributed by atoms with Crippen molar-refractivity contribution >= 4 is 27.9 Å². The van der Waals surface area contributed by atoms with E-state index in [4.69, 9.17) is 13.9 Å². The molecule has 0 aliphatic carbocycles. The number of furan rings is 1. The number of carbonyl (C=O) groups excluding carboxylic acids is 2. The molecule has 0 atom stereocenters. The van der Waals surface area contributed by atoms with Gasteiger partial charge in [0.05, 0.1) is 12.2 Å². The zero-order valence-electron chi connectivity index (χ0n) is 29.5. The molecule has 0 N–H and O–H groups in total. The molecule has 0 fully saturated rings. The molecule has 1 aromatic carbocycles. The van der Waals surface area contributed by atoms with Crippen molar-refractivity contribution in [3.8, 4) is 0 Å². The van der Waals surface area contributed by atoms with E-state index < -0.39 is 39.8 Å². The number of nitrogens with zero attached hydrogens (tertiary/aromatic N) is 3. The maximum Gasteiger partial charge on any atom is 0.416 e. The van der Waals surface area contributed by atoms with Crippen LogP contribution in [0, 0.1) is 6.92 Å². The van der Waals surface area contributed by atoms with Gasteiger partial charge in [-0.1, -0.05) is 63.9 Å². The van der Waals surface area contributed by atoms with E-state index in [-0.39, 0.29) is 29.4 Å². The molecule has 0 spiro atoms. The summed E-state index contributed by atoms with van der Waals surface area (Å²) in [5, 5.41) is -0.177. The quantitative estimate of drug-likeness (QED) is 0.168. The van der Waals surface area contributed by atoms with Crippen LogP contribution >= 0.6 is 0 Å². The molecule has 1 amide bonds. The third-order valence-electron chi connectivity index (χ3n) is 7.29. The Balaban J connectivity index is 1.98. The molecule has 0 saturated heterocycles. The van der Waals surface area contributed by atoms with Crippen LogP contribution in [0.5, 0.6) is 0 Å². The van der Waals surface area contributed by atoms with Gasteiger partial charge in [-0.2, -0.15) is 4.31 Å². The number of hydrogen-bond donors (Lipinski definition) is 0. The molecule has 0 radical (unpaired) electrons.